The highest BCUT2D eigenvalue weighted by Crippen LogP contribution is 2.44. The number of hydrogen-bond acceptors (Lipinski definition) is 3. The second-order valence-electron chi connectivity index (χ2n) is 10.6. The Labute approximate surface area is 223 Å². The van der Waals surface area contributed by atoms with Crippen LogP contribution in [0.15, 0.2) is 0 Å². The van der Waals surface area contributed by atoms with Crippen LogP contribution in [0.3, 0.4) is 0 Å². The summed E-state index contributed by atoms with van der Waals surface area (Å²) in [6.45, 7) is 16.0. The van der Waals surface area contributed by atoms with Crippen LogP contribution in [0.25, 0.3) is 0 Å². The standard InChI is InChI=1S/C16H35O4P.C13H29P/c1-5-9-11-15(7-3)13-19-21(17,18)20-14-16(8-4)12-10-6-2;1-4-7-10-13(14,11-8-5-2)12-9-6-3/h15-16H,5-14H2,1-4H3,(H,17,18);4-12,14H2,1-3H3. The fourth-order valence-electron chi connectivity index (χ4n) is 4.19. The van der Waals surface area contributed by atoms with Crippen molar-refractivity contribution in [2.75, 3.05) is 13.2 Å². The molecule has 0 aliphatic rings. The van der Waals surface area contributed by atoms with Crippen molar-refractivity contribution in [1.82, 2.24) is 0 Å². The minimum atomic E-state index is -3.89. The Kier molecular flexibility index (Phi) is 26.8. The van der Waals surface area contributed by atoms with Gasteiger partial charge < -0.3 is 4.89 Å². The first kappa shape index (κ1) is 37.7. The van der Waals surface area contributed by atoms with Gasteiger partial charge in [0.1, 0.15) is 0 Å². The van der Waals surface area contributed by atoms with Gasteiger partial charge in [-0.15, -0.1) is 9.24 Å². The third kappa shape index (κ3) is 23.4. The van der Waals surface area contributed by atoms with Crippen LogP contribution in [0, 0.1) is 11.8 Å². The molecule has 0 saturated carbocycles. The molecule has 0 aliphatic carbocycles. The van der Waals surface area contributed by atoms with Crippen LogP contribution in [0.5, 0.6) is 0 Å². The first-order chi connectivity index (χ1) is 16.7. The highest BCUT2D eigenvalue weighted by molar-refractivity contribution is 7.47. The lowest BCUT2D eigenvalue weighted by Crippen LogP contribution is -2.20. The minimum absolute atomic E-state index is 0.316. The summed E-state index contributed by atoms with van der Waals surface area (Å²) in [5.41, 5.74) is 0. The summed E-state index contributed by atoms with van der Waals surface area (Å²) < 4.78 is 22.2. The van der Waals surface area contributed by atoms with E-state index in [-0.39, 0.29) is 0 Å². The van der Waals surface area contributed by atoms with Gasteiger partial charge in [0, 0.05) is 0 Å². The van der Waals surface area contributed by atoms with E-state index in [0.29, 0.717) is 30.2 Å². The molecule has 0 aromatic rings. The molecule has 0 bridgehead atoms. The normalized spacial score (nSPS) is 15.2. The zero-order valence-corrected chi connectivity index (χ0v) is 26.8. The quantitative estimate of drug-likeness (QED) is 0.131. The molecular formula is C29H64O4P2. The van der Waals surface area contributed by atoms with Gasteiger partial charge in [-0.2, -0.15) is 0 Å². The highest BCUT2D eigenvalue weighted by Gasteiger charge is 2.24. The van der Waals surface area contributed by atoms with Gasteiger partial charge >= 0.3 is 7.82 Å². The van der Waals surface area contributed by atoms with E-state index in [4.69, 9.17) is 9.05 Å². The molecule has 35 heavy (non-hydrogen) atoms. The SMILES string of the molecule is CCCCC(CC)COP(=O)(O)OCC(CC)CCCC.CCCCC(P)(CCCC)CCCC. The Hall–Kier alpha value is 0.540. The molecule has 3 unspecified atom stereocenters. The van der Waals surface area contributed by atoms with Gasteiger partial charge in [-0.1, -0.05) is 126 Å². The predicted molar refractivity (Wildman–Crippen MR) is 159 cm³/mol. The number of hydrogen-bond donors (Lipinski definition) is 1. The number of phosphoric ester groups is 1. The van der Waals surface area contributed by atoms with Crippen LogP contribution in [0.1, 0.15) is 158 Å². The van der Waals surface area contributed by atoms with Crippen molar-refractivity contribution in [1.29, 1.82) is 0 Å². The average Bonchev–Trinajstić information content (AvgIpc) is 2.86. The summed E-state index contributed by atoms with van der Waals surface area (Å²) in [5.74, 6) is 0.687. The Morgan fingerprint density at radius 2 is 0.971 bits per heavy atom. The van der Waals surface area contributed by atoms with Crippen molar-refractivity contribution >= 4 is 17.1 Å². The summed E-state index contributed by atoms with van der Waals surface area (Å²) in [6, 6.07) is 0. The van der Waals surface area contributed by atoms with Crippen LogP contribution in [-0.4, -0.2) is 23.3 Å². The summed E-state index contributed by atoms with van der Waals surface area (Å²) in [4.78, 5) is 9.77. The van der Waals surface area contributed by atoms with Gasteiger partial charge in [0.05, 0.1) is 13.2 Å². The molecule has 1 N–H and O–H groups in total. The molecule has 0 aliphatic heterocycles. The number of unbranched alkanes of at least 4 members (excludes halogenated alkanes) is 5. The molecule has 0 aromatic carbocycles. The summed E-state index contributed by atoms with van der Waals surface area (Å²) >= 11 is 0. The van der Waals surface area contributed by atoms with Gasteiger partial charge in [0.2, 0.25) is 0 Å². The maximum absolute atomic E-state index is 11.9. The van der Waals surface area contributed by atoms with Crippen LogP contribution in [0.4, 0.5) is 0 Å². The van der Waals surface area contributed by atoms with Gasteiger partial charge in [-0.05, 0) is 49.1 Å². The molecule has 0 amide bonds. The smallest absolute Gasteiger partial charge is 0.302 e. The fraction of sp³-hybridized carbons (Fsp3) is 1.00. The van der Waals surface area contributed by atoms with E-state index < -0.39 is 7.82 Å². The van der Waals surface area contributed by atoms with Crippen LogP contribution < -0.4 is 0 Å². The molecule has 4 nitrogen and oxygen atoms in total. The largest absolute Gasteiger partial charge is 0.472 e. The second-order valence-corrected chi connectivity index (χ2v) is 13.2. The average molecular weight is 539 g/mol. The Morgan fingerprint density at radius 1 is 0.657 bits per heavy atom. The van der Waals surface area contributed by atoms with E-state index in [1.807, 2.05) is 0 Å². The lowest BCUT2D eigenvalue weighted by Gasteiger charge is -2.29. The van der Waals surface area contributed by atoms with Crippen molar-refractivity contribution in [3.8, 4) is 0 Å². The van der Waals surface area contributed by atoms with Crippen molar-refractivity contribution in [2.24, 2.45) is 11.8 Å². The molecule has 3 atom stereocenters. The maximum Gasteiger partial charge on any atom is 0.472 e. The Bertz CT molecular complexity index is 442. The summed E-state index contributed by atoms with van der Waals surface area (Å²) in [6.07, 6.45) is 21.0. The zero-order chi connectivity index (χ0) is 27.0. The third-order valence-electron chi connectivity index (χ3n) is 7.12. The first-order valence-electron chi connectivity index (χ1n) is 15.1. The van der Waals surface area contributed by atoms with E-state index in [0.717, 1.165) is 51.4 Å². The van der Waals surface area contributed by atoms with Crippen LogP contribution in [-0.2, 0) is 13.6 Å². The van der Waals surface area contributed by atoms with Crippen LogP contribution >= 0.6 is 17.1 Å². The molecule has 0 rings (SSSR count). The molecule has 0 heterocycles. The fourth-order valence-corrected chi connectivity index (χ4v) is 5.68. The van der Waals surface area contributed by atoms with Gasteiger partial charge in [-0.3, -0.25) is 9.05 Å². The Balaban J connectivity index is 0. The van der Waals surface area contributed by atoms with Crippen molar-refractivity contribution in [2.45, 2.75) is 163 Å². The summed E-state index contributed by atoms with van der Waals surface area (Å²) in [7, 11) is -0.725. The zero-order valence-electron chi connectivity index (χ0n) is 24.8. The van der Waals surface area contributed by atoms with Gasteiger partial charge in [-0.25, -0.2) is 4.57 Å². The topological polar surface area (TPSA) is 55.8 Å². The molecular weight excluding hydrogens is 474 g/mol. The van der Waals surface area contributed by atoms with E-state index in [1.165, 1.54) is 57.8 Å². The molecule has 0 radical (unpaired) electrons. The van der Waals surface area contributed by atoms with E-state index in [2.05, 4.69) is 57.7 Å². The lowest BCUT2D eigenvalue weighted by atomic mass is 9.90. The predicted octanol–water partition coefficient (Wildman–Crippen LogP) is 10.7. The van der Waals surface area contributed by atoms with Crippen molar-refractivity contribution in [3.05, 3.63) is 0 Å². The molecule has 0 saturated heterocycles. The Morgan fingerprint density at radius 3 is 1.23 bits per heavy atom. The number of rotatable bonds is 23. The van der Waals surface area contributed by atoms with Crippen molar-refractivity contribution < 1.29 is 18.5 Å². The third-order valence-corrected chi connectivity index (χ3v) is 8.93. The first-order valence-corrected chi connectivity index (χ1v) is 17.1. The maximum atomic E-state index is 11.9. The lowest BCUT2D eigenvalue weighted by molar-refractivity contribution is 0.110. The van der Waals surface area contributed by atoms with Gasteiger partial charge in [0.25, 0.3) is 0 Å². The highest BCUT2D eigenvalue weighted by atomic mass is 31.2. The summed E-state index contributed by atoms with van der Waals surface area (Å²) in [5, 5.41) is 0.571. The molecule has 214 valence electrons. The molecule has 0 fully saturated rings. The van der Waals surface area contributed by atoms with E-state index in [9.17, 15) is 9.46 Å². The molecule has 0 aromatic heterocycles. The number of phosphoric acid groups is 1. The van der Waals surface area contributed by atoms with E-state index >= 15 is 0 Å². The van der Waals surface area contributed by atoms with Gasteiger partial charge in [0.15, 0.2) is 0 Å². The molecule has 0 spiro atoms. The second kappa shape index (κ2) is 24.9. The van der Waals surface area contributed by atoms with Crippen molar-refractivity contribution in [3.63, 3.8) is 0 Å². The molecule has 6 heteroatoms. The monoisotopic (exact) mass is 538 g/mol. The minimum Gasteiger partial charge on any atom is -0.302 e. The van der Waals surface area contributed by atoms with Crippen LogP contribution in [0.2, 0.25) is 0 Å². The van der Waals surface area contributed by atoms with E-state index in [1.54, 1.807) is 0 Å².